The summed E-state index contributed by atoms with van der Waals surface area (Å²) in [6.45, 7) is 6.89. The molecule has 3 rings (SSSR count). The maximum atomic E-state index is 12.8. The Balaban J connectivity index is 1.51. The standard InChI is InChI=1S/C33H45NO2/c1-4-6-7-8-9-10-11-26-14-21-32(31(23-26)24-34)36-33(35)30-19-17-29(18-20-30)28-15-12-27(13-16-28)22-25(3)5-2/h14,17-21,23,25,27-28H,4-13,15-16,22H2,1-3H3. The number of benzene rings is 2. The average Bonchev–Trinajstić information content (AvgIpc) is 2.91. The summed E-state index contributed by atoms with van der Waals surface area (Å²) < 4.78 is 5.63. The number of carbonyl (C=O) groups excluding carboxylic acids is 1. The maximum absolute atomic E-state index is 12.8. The van der Waals surface area contributed by atoms with Gasteiger partial charge >= 0.3 is 5.97 Å². The van der Waals surface area contributed by atoms with E-state index in [9.17, 15) is 10.1 Å². The molecule has 1 unspecified atom stereocenters. The number of aryl methyl sites for hydroxylation is 1. The largest absolute Gasteiger partial charge is 0.422 e. The zero-order valence-corrected chi connectivity index (χ0v) is 22.7. The molecular weight excluding hydrogens is 442 g/mol. The van der Waals surface area contributed by atoms with E-state index in [1.165, 1.54) is 76.2 Å². The lowest BCUT2D eigenvalue weighted by Gasteiger charge is -2.30. The number of rotatable bonds is 13. The zero-order chi connectivity index (χ0) is 25.8. The van der Waals surface area contributed by atoms with E-state index in [4.69, 9.17) is 4.74 Å². The fourth-order valence-corrected chi connectivity index (χ4v) is 5.54. The van der Waals surface area contributed by atoms with Gasteiger partial charge in [-0.3, -0.25) is 0 Å². The fourth-order valence-electron chi connectivity index (χ4n) is 5.54. The Morgan fingerprint density at radius 2 is 1.67 bits per heavy atom. The SMILES string of the molecule is CCCCCCCCc1ccc(OC(=O)c2ccc(C3CCC(CC(C)CC)CC3)cc2)c(C#N)c1. The molecule has 1 aliphatic carbocycles. The molecule has 0 aliphatic heterocycles. The molecule has 0 bridgehead atoms. The van der Waals surface area contributed by atoms with Crippen molar-refractivity contribution in [1.29, 1.82) is 5.26 Å². The van der Waals surface area contributed by atoms with Crippen molar-refractivity contribution in [3.8, 4) is 11.8 Å². The molecule has 194 valence electrons. The maximum Gasteiger partial charge on any atom is 0.343 e. The first-order valence-corrected chi connectivity index (χ1v) is 14.4. The van der Waals surface area contributed by atoms with Crippen molar-refractivity contribution in [2.45, 2.75) is 110 Å². The van der Waals surface area contributed by atoms with E-state index in [0.717, 1.165) is 30.2 Å². The van der Waals surface area contributed by atoms with E-state index in [1.54, 1.807) is 6.07 Å². The summed E-state index contributed by atoms with van der Waals surface area (Å²) >= 11 is 0. The topological polar surface area (TPSA) is 50.1 Å². The van der Waals surface area contributed by atoms with Gasteiger partial charge in [-0.05, 0) is 98.1 Å². The van der Waals surface area contributed by atoms with Crippen LogP contribution in [0.1, 0.15) is 131 Å². The fraction of sp³-hybridized carbons (Fsp3) is 0.576. The number of unbranched alkanes of at least 4 members (excludes halogenated alkanes) is 5. The van der Waals surface area contributed by atoms with Crippen molar-refractivity contribution >= 4 is 5.97 Å². The van der Waals surface area contributed by atoms with Crippen LogP contribution in [0.3, 0.4) is 0 Å². The zero-order valence-electron chi connectivity index (χ0n) is 22.7. The van der Waals surface area contributed by atoms with Gasteiger partial charge < -0.3 is 4.74 Å². The smallest absolute Gasteiger partial charge is 0.343 e. The Labute approximate surface area is 219 Å². The van der Waals surface area contributed by atoms with Crippen LogP contribution in [0, 0.1) is 23.2 Å². The second-order valence-electron chi connectivity index (χ2n) is 10.9. The first kappa shape index (κ1) is 28.0. The molecule has 1 fully saturated rings. The molecule has 1 aliphatic rings. The quantitative estimate of drug-likeness (QED) is 0.161. The van der Waals surface area contributed by atoms with E-state index in [0.29, 0.717) is 22.8 Å². The van der Waals surface area contributed by atoms with Gasteiger partial charge in [0.25, 0.3) is 0 Å². The predicted octanol–water partition coefficient (Wildman–Crippen LogP) is 9.39. The molecule has 3 nitrogen and oxygen atoms in total. The van der Waals surface area contributed by atoms with Crippen LogP contribution in [0.5, 0.6) is 5.75 Å². The third kappa shape index (κ3) is 8.51. The highest BCUT2D eigenvalue weighted by atomic mass is 16.5. The molecule has 3 heteroatoms. The third-order valence-corrected chi connectivity index (χ3v) is 8.08. The molecule has 36 heavy (non-hydrogen) atoms. The van der Waals surface area contributed by atoms with Crippen LogP contribution in [-0.2, 0) is 6.42 Å². The Kier molecular flexibility index (Phi) is 11.5. The molecule has 0 spiro atoms. The van der Waals surface area contributed by atoms with Gasteiger partial charge in [0.1, 0.15) is 11.8 Å². The van der Waals surface area contributed by atoms with Crippen LogP contribution in [0.15, 0.2) is 42.5 Å². The van der Waals surface area contributed by atoms with E-state index < -0.39 is 5.97 Å². The number of ether oxygens (including phenoxy) is 1. The lowest BCUT2D eigenvalue weighted by Crippen LogP contribution is -2.16. The second kappa shape index (κ2) is 14.8. The molecule has 2 aromatic carbocycles. The summed E-state index contributed by atoms with van der Waals surface area (Å²) in [7, 11) is 0. The van der Waals surface area contributed by atoms with Gasteiger partial charge in [0.05, 0.1) is 11.1 Å². The predicted molar refractivity (Wildman–Crippen MR) is 148 cm³/mol. The van der Waals surface area contributed by atoms with Crippen molar-refractivity contribution in [3.05, 3.63) is 64.7 Å². The van der Waals surface area contributed by atoms with Crippen LogP contribution >= 0.6 is 0 Å². The van der Waals surface area contributed by atoms with Crippen LogP contribution in [0.2, 0.25) is 0 Å². The number of hydrogen-bond donors (Lipinski definition) is 0. The van der Waals surface area contributed by atoms with Gasteiger partial charge in [-0.15, -0.1) is 0 Å². The summed E-state index contributed by atoms with van der Waals surface area (Å²) in [5, 5.41) is 9.62. The van der Waals surface area contributed by atoms with Crippen LogP contribution < -0.4 is 4.74 Å². The van der Waals surface area contributed by atoms with Crippen molar-refractivity contribution < 1.29 is 9.53 Å². The Morgan fingerprint density at radius 1 is 0.972 bits per heavy atom. The summed E-state index contributed by atoms with van der Waals surface area (Å²) in [6.07, 6.45) is 16.2. The molecule has 0 heterocycles. The number of carbonyl (C=O) groups is 1. The van der Waals surface area contributed by atoms with Crippen molar-refractivity contribution in [2.24, 2.45) is 11.8 Å². The summed E-state index contributed by atoms with van der Waals surface area (Å²) in [5.41, 5.74) is 3.41. The monoisotopic (exact) mass is 487 g/mol. The van der Waals surface area contributed by atoms with Gasteiger partial charge in [0, 0.05) is 0 Å². The Morgan fingerprint density at radius 3 is 2.33 bits per heavy atom. The molecule has 0 aromatic heterocycles. The van der Waals surface area contributed by atoms with Gasteiger partial charge in [0.15, 0.2) is 0 Å². The minimum atomic E-state index is -0.404. The average molecular weight is 488 g/mol. The molecular formula is C33H45NO2. The first-order chi connectivity index (χ1) is 17.5. The van der Waals surface area contributed by atoms with E-state index in [1.807, 2.05) is 24.3 Å². The van der Waals surface area contributed by atoms with E-state index >= 15 is 0 Å². The Bertz CT molecular complexity index is 980. The molecule has 0 N–H and O–H groups in total. The highest BCUT2D eigenvalue weighted by Gasteiger charge is 2.23. The lowest BCUT2D eigenvalue weighted by atomic mass is 9.75. The first-order valence-electron chi connectivity index (χ1n) is 14.4. The van der Waals surface area contributed by atoms with Crippen molar-refractivity contribution in [3.63, 3.8) is 0 Å². The highest BCUT2D eigenvalue weighted by molar-refractivity contribution is 5.91. The number of nitriles is 1. The lowest BCUT2D eigenvalue weighted by molar-refractivity contribution is 0.0734. The van der Waals surface area contributed by atoms with Crippen LogP contribution in [-0.4, -0.2) is 5.97 Å². The molecule has 0 amide bonds. The van der Waals surface area contributed by atoms with Crippen LogP contribution in [0.25, 0.3) is 0 Å². The number of esters is 1. The van der Waals surface area contributed by atoms with E-state index in [2.05, 4.69) is 39.0 Å². The van der Waals surface area contributed by atoms with Gasteiger partial charge in [-0.2, -0.15) is 5.26 Å². The van der Waals surface area contributed by atoms with Gasteiger partial charge in [-0.1, -0.05) is 77.5 Å². The second-order valence-corrected chi connectivity index (χ2v) is 10.9. The van der Waals surface area contributed by atoms with Crippen molar-refractivity contribution in [1.82, 2.24) is 0 Å². The summed E-state index contributed by atoms with van der Waals surface area (Å²) in [4.78, 5) is 12.8. The molecule has 1 atom stereocenters. The third-order valence-electron chi connectivity index (χ3n) is 8.08. The summed E-state index contributed by atoms with van der Waals surface area (Å²) in [6, 6.07) is 15.8. The number of nitrogens with zero attached hydrogens (tertiary/aromatic N) is 1. The van der Waals surface area contributed by atoms with Crippen LogP contribution in [0.4, 0.5) is 0 Å². The molecule has 2 aromatic rings. The van der Waals surface area contributed by atoms with E-state index in [-0.39, 0.29) is 0 Å². The van der Waals surface area contributed by atoms with Crippen molar-refractivity contribution in [2.75, 3.05) is 0 Å². The van der Waals surface area contributed by atoms with Gasteiger partial charge in [0.2, 0.25) is 0 Å². The Hall–Kier alpha value is -2.60. The van der Waals surface area contributed by atoms with Gasteiger partial charge in [-0.25, -0.2) is 4.79 Å². The minimum absolute atomic E-state index is 0.345. The normalized spacial score (nSPS) is 18.4. The molecule has 0 saturated heterocycles. The molecule has 0 radical (unpaired) electrons. The number of hydrogen-bond acceptors (Lipinski definition) is 3. The highest BCUT2D eigenvalue weighted by Crippen LogP contribution is 2.38. The minimum Gasteiger partial charge on any atom is -0.422 e. The summed E-state index contributed by atoms with van der Waals surface area (Å²) in [5.74, 6) is 2.23. The molecule has 1 saturated carbocycles.